The first-order valence-electron chi connectivity index (χ1n) is 9.37. The van der Waals surface area contributed by atoms with E-state index in [1.807, 2.05) is 24.3 Å². The molecule has 0 aliphatic rings. The fraction of sp³-hybridized carbons (Fsp3) is 0.455. The van der Waals surface area contributed by atoms with Crippen molar-refractivity contribution in [3.8, 4) is 0 Å². The van der Waals surface area contributed by atoms with Crippen molar-refractivity contribution in [2.45, 2.75) is 64.6 Å². The van der Waals surface area contributed by atoms with Gasteiger partial charge in [0.25, 0.3) is 0 Å². The minimum Gasteiger partial charge on any atom is -0.399 e. The fourth-order valence-electron chi connectivity index (χ4n) is 3.09. The molecule has 4 N–H and O–H groups in total. The Morgan fingerprint density at radius 2 is 1.04 bits per heavy atom. The van der Waals surface area contributed by atoms with E-state index >= 15 is 0 Å². The van der Waals surface area contributed by atoms with Gasteiger partial charge in [0.1, 0.15) is 0 Å². The lowest BCUT2D eigenvalue weighted by Gasteiger charge is -2.19. The highest BCUT2D eigenvalue weighted by molar-refractivity contribution is 5.39. The van der Waals surface area contributed by atoms with Crippen LogP contribution in [0.5, 0.6) is 0 Å². The minimum atomic E-state index is 0.306. The molecule has 0 radical (unpaired) electrons. The maximum atomic E-state index is 6.12. The summed E-state index contributed by atoms with van der Waals surface area (Å²) in [5.41, 5.74) is 15.8. The first-order chi connectivity index (χ1) is 12.0. The minimum absolute atomic E-state index is 0.306. The first kappa shape index (κ1) is 19.3. The predicted octanol–water partition coefficient (Wildman–Crippen LogP) is 4.99. The van der Waals surface area contributed by atoms with Gasteiger partial charge in [-0.25, -0.2) is 0 Å². The van der Waals surface area contributed by atoms with E-state index in [0.717, 1.165) is 49.9 Å². The second-order valence-corrected chi connectivity index (χ2v) is 7.02. The van der Waals surface area contributed by atoms with Crippen molar-refractivity contribution < 1.29 is 4.74 Å². The standard InChI is InChI=1S/C22H32N2O/c1-17(5-3-7-19-9-13-21(23)14-10-19)25-18(2)6-4-8-20-11-15-22(24)16-12-20/h9-18H,3-8,23-24H2,1-2H3. The molecule has 25 heavy (non-hydrogen) atoms. The Kier molecular flexibility index (Phi) is 7.80. The molecule has 0 aliphatic carbocycles. The summed E-state index contributed by atoms with van der Waals surface area (Å²) in [6, 6.07) is 16.3. The fourth-order valence-corrected chi connectivity index (χ4v) is 3.09. The number of nitrogens with two attached hydrogens (primary N) is 2. The number of nitrogen functional groups attached to an aromatic ring is 2. The number of hydrogen-bond acceptors (Lipinski definition) is 3. The number of hydrogen-bond donors (Lipinski definition) is 2. The first-order valence-corrected chi connectivity index (χ1v) is 9.37. The molecule has 0 amide bonds. The summed E-state index contributed by atoms with van der Waals surface area (Å²) in [5, 5.41) is 0. The topological polar surface area (TPSA) is 61.3 Å². The number of ether oxygens (including phenoxy) is 1. The summed E-state index contributed by atoms with van der Waals surface area (Å²) < 4.78 is 6.12. The van der Waals surface area contributed by atoms with E-state index in [4.69, 9.17) is 16.2 Å². The van der Waals surface area contributed by atoms with Gasteiger partial charge >= 0.3 is 0 Å². The zero-order chi connectivity index (χ0) is 18.1. The molecule has 2 rings (SSSR count). The van der Waals surface area contributed by atoms with E-state index in [0.29, 0.717) is 12.2 Å². The lowest BCUT2D eigenvalue weighted by atomic mass is 10.0. The second-order valence-electron chi connectivity index (χ2n) is 7.02. The van der Waals surface area contributed by atoms with Gasteiger partial charge in [-0.2, -0.15) is 0 Å². The third-order valence-electron chi connectivity index (χ3n) is 4.58. The van der Waals surface area contributed by atoms with Crippen LogP contribution in [-0.2, 0) is 17.6 Å². The Labute approximate surface area is 152 Å². The van der Waals surface area contributed by atoms with E-state index in [1.165, 1.54) is 11.1 Å². The van der Waals surface area contributed by atoms with Gasteiger partial charge in [0.05, 0.1) is 12.2 Å². The molecule has 0 spiro atoms. The van der Waals surface area contributed by atoms with Crippen LogP contribution in [0.2, 0.25) is 0 Å². The van der Waals surface area contributed by atoms with Crippen LogP contribution in [0.4, 0.5) is 11.4 Å². The van der Waals surface area contributed by atoms with Crippen LogP contribution in [-0.4, -0.2) is 12.2 Å². The van der Waals surface area contributed by atoms with Crippen molar-refractivity contribution in [1.29, 1.82) is 0 Å². The molecule has 0 bridgehead atoms. The molecule has 3 nitrogen and oxygen atoms in total. The van der Waals surface area contributed by atoms with Crippen LogP contribution in [0.1, 0.15) is 50.7 Å². The van der Waals surface area contributed by atoms with Gasteiger partial charge in [0.15, 0.2) is 0 Å². The molecule has 0 saturated carbocycles. The molecule has 2 unspecified atom stereocenters. The van der Waals surface area contributed by atoms with E-state index in [2.05, 4.69) is 38.1 Å². The van der Waals surface area contributed by atoms with Crippen molar-refractivity contribution in [3.63, 3.8) is 0 Å². The number of anilines is 2. The highest BCUT2D eigenvalue weighted by Crippen LogP contribution is 2.15. The number of aryl methyl sites for hydroxylation is 2. The largest absolute Gasteiger partial charge is 0.399 e. The van der Waals surface area contributed by atoms with Crippen molar-refractivity contribution in [3.05, 3.63) is 59.7 Å². The Bertz CT molecular complexity index is 551. The molecule has 3 heteroatoms. The molecule has 0 saturated heterocycles. The lowest BCUT2D eigenvalue weighted by Crippen LogP contribution is -2.17. The van der Waals surface area contributed by atoms with Crippen LogP contribution in [0.25, 0.3) is 0 Å². The Hall–Kier alpha value is -2.00. The number of rotatable bonds is 10. The Morgan fingerprint density at radius 1 is 0.680 bits per heavy atom. The summed E-state index contributed by atoms with van der Waals surface area (Å²) in [6.07, 6.45) is 7.24. The SMILES string of the molecule is CC(CCCc1ccc(N)cc1)OC(C)CCCc1ccc(N)cc1. The second kappa shape index (κ2) is 10.1. The normalized spacial score (nSPS) is 13.5. The van der Waals surface area contributed by atoms with Crippen molar-refractivity contribution >= 4 is 11.4 Å². The van der Waals surface area contributed by atoms with Crippen LogP contribution < -0.4 is 11.5 Å². The molecule has 0 fully saturated rings. The van der Waals surface area contributed by atoms with E-state index in [1.54, 1.807) is 0 Å². The summed E-state index contributed by atoms with van der Waals surface area (Å²) >= 11 is 0. The summed E-state index contributed by atoms with van der Waals surface area (Å²) in [7, 11) is 0. The predicted molar refractivity (Wildman–Crippen MR) is 108 cm³/mol. The molecule has 2 aromatic rings. The maximum absolute atomic E-state index is 6.12. The smallest absolute Gasteiger partial charge is 0.0550 e. The van der Waals surface area contributed by atoms with Crippen LogP contribution in [0, 0.1) is 0 Å². The molecule has 136 valence electrons. The molecule has 0 aromatic heterocycles. The summed E-state index contributed by atoms with van der Waals surface area (Å²) in [4.78, 5) is 0. The molecular formula is C22H32N2O. The van der Waals surface area contributed by atoms with Gasteiger partial charge in [0, 0.05) is 11.4 Å². The quantitative estimate of drug-likeness (QED) is 0.599. The molecule has 0 aliphatic heterocycles. The molecular weight excluding hydrogens is 308 g/mol. The zero-order valence-electron chi connectivity index (χ0n) is 15.6. The van der Waals surface area contributed by atoms with E-state index in [9.17, 15) is 0 Å². The van der Waals surface area contributed by atoms with Gasteiger partial charge in [0.2, 0.25) is 0 Å². The Morgan fingerprint density at radius 3 is 1.40 bits per heavy atom. The van der Waals surface area contributed by atoms with Crippen molar-refractivity contribution in [2.24, 2.45) is 0 Å². The van der Waals surface area contributed by atoms with Crippen LogP contribution >= 0.6 is 0 Å². The molecule has 2 atom stereocenters. The van der Waals surface area contributed by atoms with Gasteiger partial charge in [-0.3, -0.25) is 0 Å². The van der Waals surface area contributed by atoms with Crippen molar-refractivity contribution in [1.82, 2.24) is 0 Å². The lowest BCUT2D eigenvalue weighted by molar-refractivity contribution is -0.00162. The zero-order valence-corrected chi connectivity index (χ0v) is 15.6. The third-order valence-corrected chi connectivity index (χ3v) is 4.58. The average Bonchev–Trinajstić information content (AvgIpc) is 2.58. The molecule has 0 heterocycles. The van der Waals surface area contributed by atoms with E-state index < -0.39 is 0 Å². The van der Waals surface area contributed by atoms with Crippen molar-refractivity contribution in [2.75, 3.05) is 11.5 Å². The summed E-state index contributed by atoms with van der Waals surface area (Å²) in [5.74, 6) is 0. The maximum Gasteiger partial charge on any atom is 0.0550 e. The monoisotopic (exact) mass is 340 g/mol. The van der Waals surface area contributed by atoms with Gasteiger partial charge in [-0.15, -0.1) is 0 Å². The summed E-state index contributed by atoms with van der Waals surface area (Å²) in [6.45, 7) is 4.36. The molecule has 2 aromatic carbocycles. The van der Waals surface area contributed by atoms with Crippen LogP contribution in [0.3, 0.4) is 0 Å². The highest BCUT2D eigenvalue weighted by Gasteiger charge is 2.09. The third kappa shape index (κ3) is 7.61. The Balaban J connectivity index is 1.58. The van der Waals surface area contributed by atoms with E-state index in [-0.39, 0.29) is 0 Å². The van der Waals surface area contributed by atoms with Gasteiger partial charge in [-0.05, 0) is 87.8 Å². The number of benzene rings is 2. The van der Waals surface area contributed by atoms with Gasteiger partial charge < -0.3 is 16.2 Å². The van der Waals surface area contributed by atoms with Crippen LogP contribution in [0.15, 0.2) is 48.5 Å². The highest BCUT2D eigenvalue weighted by atomic mass is 16.5. The average molecular weight is 341 g/mol. The van der Waals surface area contributed by atoms with Gasteiger partial charge in [-0.1, -0.05) is 24.3 Å².